The first-order chi connectivity index (χ1) is 9.24. The molecule has 110 valence electrons. The molecule has 2 N–H and O–H groups in total. The van der Waals surface area contributed by atoms with Crippen LogP contribution >= 0.6 is 0 Å². The molecule has 2 amide bonds. The quantitative estimate of drug-likeness (QED) is 0.517. The first-order valence-corrected chi connectivity index (χ1v) is 7.41. The molecule has 0 saturated carbocycles. The van der Waals surface area contributed by atoms with E-state index in [2.05, 4.69) is 17.6 Å². The zero-order chi connectivity index (χ0) is 13.9. The molecule has 19 heavy (non-hydrogen) atoms. The highest BCUT2D eigenvalue weighted by atomic mass is 16.5. The molecule has 1 aliphatic rings. The monoisotopic (exact) mass is 270 g/mol. The average Bonchev–Trinajstić information content (AvgIpc) is 2.93. The van der Waals surface area contributed by atoms with Gasteiger partial charge in [-0.1, -0.05) is 32.6 Å². The van der Waals surface area contributed by atoms with E-state index in [0.717, 1.165) is 32.3 Å². The molecule has 0 unspecified atom stereocenters. The summed E-state index contributed by atoms with van der Waals surface area (Å²) in [6.07, 6.45) is 7.73. The van der Waals surface area contributed by atoms with Crippen molar-refractivity contribution in [3.63, 3.8) is 0 Å². The van der Waals surface area contributed by atoms with Gasteiger partial charge in [-0.05, 0) is 19.3 Å². The molecule has 5 heteroatoms. The van der Waals surface area contributed by atoms with Crippen LogP contribution in [0.15, 0.2) is 0 Å². The topological polar surface area (TPSA) is 67.4 Å². The van der Waals surface area contributed by atoms with Crippen molar-refractivity contribution in [2.24, 2.45) is 0 Å². The summed E-state index contributed by atoms with van der Waals surface area (Å²) < 4.78 is 5.37. The molecular formula is C14H26N2O3. The third-order valence-corrected chi connectivity index (χ3v) is 3.29. The van der Waals surface area contributed by atoms with Crippen LogP contribution in [-0.4, -0.2) is 37.6 Å². The molecule has 0 aromatic heterocycles. The van der Waals surface area contributed by atoms with E-state index < -0.39 is 11.8 Å². The molecule has 1 heterocycles. The molecule has 1 atom stereocenters. The Hall–Kier alpha value is -1.10. The maximum Gasteiger partial charge on any atom is 0.309 e. The van der Waals surface area contributed by atoms with Crippen molar-refractivity contribution in [3.8, 4) is 0 Å². The number of amides is 2. The largest absolute Gasteiger partial charge is 0.376 e. The summed E-state index contributed by atoms with van der Waals surface area (Å²) in [6, 6.07) is 0. The van der Waals surface area contributed by atoms with Gasteiger partial charge in [0.05, 0.1) is 6.10 Å². The molecule has 0 spiro atoms. The Labute approximate surface area is 115 Å². The molecule has 0 aromatic rings. The summed E-state index contributed by atoms with van der Waals surface area (Å²) in [7, 11) is 0. The lowest BCUT2D eigenvalue weighted by atomic mass is 10.1. The summed E-state index contributed by atoms with van der Waals surface area (Å²) >= 11 is 0. The molecule has 0 aliphatic carbocycles. The van der Waals surface area contributed by atoms with E-state index in [1.54, 1.807) is 0 Å². The minimum Gasteiger partial charge on any atom is -0.376 e. The minimum absolute atomic E-state index is 0.0748. The molecule has 1 saturated heterocycles. The summed E-state index contributed by atoms with van der Waals surface area (Å²) in [6.45, 7) is 3.93. The van der Waals surface area contributed by atoms with Crippen LogP contribution < -0.4 is 10.6 Å². The molecule has 1 rings (SSSR count). The van der Waals surface area contributed by atoms with E-state index in [9.17, 15) is 9.59 Å². The number of carbonyl (C=O) groups is 2. The second-order valence-electron chi connectivity index (χ2n) is 5.02. The van der Waals surface area contributed by atoms with E-state index in [-0.39, 0.29) is 6.10 Å². The second-order valence-corrected chi connectivity index (χ2v) is 5.02. The van der Waals surface area contributed by atoms with E-state index >= 15 is 0 Å². The Morgan fingerprint density at radius 1 is 1.11 bits per heavy atom. The number of ether oxygens (including phenoxy) is 1. The fourth-order valence-electron chi connectivity index (χ4n) is 2.10. The van der Waals surface area contributed by atoms with Crippen LogP contribution in [0.5, 0.6) is 0 Å². The van der Waals surface area contributed by atoms with Crippen LogP contribution in [0, 0.1) is 0 Å². The fourth-order valence-corrected chi connectivity index (χ4v) is 2.10. The van der Waals surface area contributed by atoms with Gasteiger partial charge in [0.15, 0.2) is 0 Å². The molecule has 5 nitrogen and oxygen atoms in total. The minimum atomic E-state index is -0.552. The lowest BCUT2D eigenvalue weighted by molar-refractivity contribution is -0.139. The smallest absolute Gasteiger partial charge is 0.309 e. The molecular weight excluding hydrogens is 244 g/mol. The van der Waals surface area contributed by atoms with E-state index in [4.69, 9.17) is 4.74 Å². The molecule has 0 bridgehead atoms. The summed E-state index contributed by atoms with van der Waals surface area (Å²) in [5, 5.41) is 5.25. The Morgan fingerprint density at radius 2 is 1.84 bits per heavy atom. The molecule has 0 radical (unpaired) electrons. The number of carbonyl (C=O) groups excluding carboxylic acids is 2. The number of hydrogen-bond donors (Lipinski definition) is 2. The van der Waals surface area contributed by atoms with Crippen molar-refractivity contribution < 1.29 is 14.3 Å². The number of rotatable bonds is 8. The van der Waals surface area contributed by atoms with Crippen LogP contribution in [0.4, 0.5) is 0 Å². The molecule has 1 aliphatic heterocycles. The maximum absolute atomic E-state index is 11.5. The summed E-state index contributed by atoms with van der Waals surface area (Å²) in [4.78, 5) is 23.0. The number of unbranched alkanes of at least 4 members (excludes halogenated alkanes) is 4. The number of nitrogens with one attached hydrogen (secondary N) is 2. The lowest BCUT2D eigenvalue weighted by Crippen LogP contribution is -2.42. The second kappa shape index (κ2) is 9.78. The Morgan fingerprint density at radius 3 is 2.53 bits per heavy atom. The van der Waals surface area contributed by atoms with Gasteiger partial charge in [-0.25, -0.2) is 0 Å². The lowest BCUT2D eigenvalue weighted by Gasteiger charge is -2.10. The highest BCUT2D eigenvalue weighted by Gasteiger charge is 2.18. The third-order valence-electron chi connectivity index (χ3n) is 3.29. The third kappa shape index (κ3) is 7.15. The fraction of sp³-hybridized carbons (Fsp3) is 0.857. The Kier molecular flexibility index (Phi) is 8.21. The first-order valence-electron chi connectivity index (χ1n) is 7.41. The highest BCUT2D eigenvalue weighted by Crippen LogP contribution is 2.10. The van der Waals surface area contributed by atoms with Crippen molar-refractivity contribution in [2.75, 3.05) is 19.7 Å². The van der Waals surface area contributed by atoms with Gasteiger partial charge in [0, 0.05) is 19.7 Å². The molecule has 0 aromatic carbocycles. The predicted octanol–water partition coefficient (Wildman–Crippen LogP) is 1.37. The van der Waals surface area contributed by atoms with Crippen LogP contribution in [-0.2, 0) is 14.3 Å². The van der Waals surface area contributed by atoms with Crippen LogP contribution in [0.2, 0.25) is 0 Å². The SMILES string of the molecule is CCCCCCCNC(=O)C(=O)NC[C@H]1CCCO1. The normalized spacial score (nSPS) is 18.3. The predicted molar refractivity (Wildman–Crippen MR) is 73.8 cm³/mol. The van der Waals surface area contributed by atoms with Crippen molar-refractivity contribution in [3.05, 3.63) is 0 Å². The standard InChI is InChI=1S/C14H26N2O3/c1-2-3-4-5-6-9-15-13(17)14(18)16-11-12-8-7-10-19-12/h12H,2-11H2,1H3,(H,15,17)(H,16,18)/t12-/m1/s1. The van der Waals surface area contributed by atoms with Crippen LogP contribution in [0.3, 0.4) is 0 Å². The van der Waals surface area contributed by atoms with Gasteiger partial charge in [-0.2, -0.15) is 0 Å². The van der Waals surface area contributed by atoms with Crippen molar-refractivity contribution in [1.29, 1.82) is 0 Å². The van der Waals surface area contributed by atoms with E-state index in [1.165, 1.54) is 19.3 Å². The maximum atomic E-state index is 11.5. The van der Waals surface area contributed by atoms with Gasteiger partial charge < -0.3 is 15.4 Å². The average molecular weight is 270 g/mol. The Bertz CT molecular complexity index is 276. The van der Waals surface area contributed by atoms with E-state index in [1.807, 2.05) is 0 Å². The van der Waals surface area contributed by atoms with Crippen molar-refractivity contribution >= 4 is 11.8 Å². The Balaban J connectivity index is 1.99. The summed E-state index contributed by atoms with van der Waals surface area (Å²) in [5.41, 5.74) is 0. The van der Waals surface area contributed by atoms with Crippen molar-refractivity contribution in [2.45, 2.75) is 58.0 Å². The van der Waals surface area contributed by atoms with Gasteiger partial charge in [0.2, 0.25) is 0 Å². The van der Waals surface area contributed by atoms with Crippen molar-refractivity contribution in [1.82, 2.24) is 10.6 Å². The highest BCUT2D eigenvalue weighted by molar-refractivity contribution is 6.35. The number of hydrogen-bond acceptors (Lipinski definition) is 3. The van der Waals surface area contributed by atoms with E-state index in [0.29, 0.717) is 13.1 Å². The van der Waals surface area contributed by atoms with Gasteiger partial charge in [-0.3, -0.25) is 9.59 Å². The molecule has 1 fully saturated rings. The summed E-state index contributed by atoms with van der Waals surface area (Å²) in [5.74, 6) is -1.09. The van der Waals surface area contributed by atoms with Crippen LogP contribution in [0.1, 0.15) is 51.9 Å². The first kappa shape index (κ1) is 16.0. The van der Waals surface area contributed by atoms with Crippen LogP contribution in [0.25, 0.3) is 0 Å². The van der Waals surface area contributed by atoms with Gasteiger partial charge in [0.25, 0.3) is 0 Å². The zero-order valence-electron chi connectivity index (χ0n) is 11.9. The zero-order valence-corrected chi connectivity index (χ0v) is 11.9. The van der Waals surface area contributed by atoms with Gasteiger partial charge in [-0.15, -0.1) is 0 Å². The van der Waals surface area contributed by atoms with Gasteiger partial charge in [0.1, 0.15) is 0 Å². The van der Waals surface area contributed by atoms with Gasteiger partial charge >= 0.3 is 11.8 Å².